The normalized spacial score (nSPS) is 15.2. The highest BCUT2D eigenvalue weighted by Gasteiger charge is 2.16. The van der Waals surface area contributed by atoms with Gasteiger partial charge in [0.25, 0.3) is 0 Å². The van der Waals surface area contributed by atoms with E-state index in [1.807, 2.05) is 32.0 Å². The molecular formula is C19H19NO4. The number of carbonyl (C=O) groups excluding carboxylic acids is 2. The van der Waals surface area contributed by atoms with Gasteiger partial charge in [0.05, 0.1) is 5.69 Å². The lowest BCUT2D eigenvalue weighted by Gasteiger charge is -2.19. The van der Waals surface area contributed by atoms with Gasteiger partial charge in [-0.1, -0.05) is 24.8 Å². The van der Waals surface area contributed by atoms with Crippen molar-refractivity contribution in [1.82, 2.24) is 0 Å². The smallest absolute Gasteiger partial charge is 0.338 e. The van der Waals surface area contributed by atoms with Gasteiger partial charge in [-0.2, -0.15) is 0 Å². The molecule has 1 N–H and O–H groups in total. The van der Waals surface area contributed by atoms with Crippen LogP contribution in [0, 0.1) is 13.8 Å². The van der Waals surface area contributed by atoms with Crippen molar-refractivity contribution in [3.8, 4) is 0 Å². The standard InChI is InChI=1S/C19H19NO4/c1-12(2)19(22)24-16-9-8-15(17(21)10-16)11-20(23)18-13(3)6-5-7-14(18)4/h5-11,23H,1H2,2-4H3/b15-11-. The summed E-state index contributed by atoms with van der Waals surface area (Å²) in [5.74, 6) is -0.820. The third kappa shape index (κ3) is 3.88. The molecule has 1 aromatic carbocycles. The van der Waals surface area contributed by atoms with Crippen molar-refractivity contribution in [2.45, 2.75) is 20.8 Å². The maximum atomic E-state index is 12.1. The van der Waals surface area contributed by atoms with E-state index in [2.05, 4.69) is 6.58 Å². The number of carbonyl (C=O) groups is 2. The van der Waals surface area contributed by atoms with Crippen molar-refractivity contribution < 1.29 is 19.5 Å². The first-order valence-corrected chi connectivity index (χ1v) is 7.37. The first-order valence-electron chi connectivity index (χ1n) is 7.37. The first kappa shape index (κ1) is 17.4. The van der Waals surface area contributed by atoms with E-state index in [1.165, 1.54) is 31.4 Å². The third-order valence-electron chi connectivity index (χ3n) is 3.47. The molecule has 1 aliphatic carbocycles. The van der Waals surface area contributed by atoms with Gasteiger partial charge < -0.3 is 4.74 Å². The topological polar surface area (TPSA) is 66.8 Å². The van der Waals surface area contributed by atoms with Gasteiger partial charge in [0.15, 0.2) is 5.78 Å². The number of anilines is 1. The average molecular weight is 325 g/mol. The molecule has 0 bridgehead atoms. The number of ether oxygens (including phenoxy) is 1. The fourth-order valence-electron chi connectivity index (χ4n) is 2.24. The quantitative estimate of drug-likeness (QED) is 0.521. The third-order valence-corrected chi connectivity index (χ3v) is 3.47. The molecule has 0 aliphatic heterocycles. The van der Waals surface area contributed by atoms with Crippen molar-refractivity contribution in [1.29, 1.82) is 0 Å². The van der Waals surface area contributed by atoms with Crippen LogP contribution in [0.5, 0.6) is 0 Å². The molecule has 0 heterocycles. The minimum Gasteiger partial charge on any atom is -0.423 e. The molecule has 0 radical (unpaired) electrons. The number of esters is 1. The second-order valence-corrected chi connectivity index (χ2v) is 5.58. The van der Waals surface area contributed by atoms with E-state index in [4.69, 9.17) is 4.74 Å². The highest BCUT2D eigenvalue weighted by atomic mass is 16.5. The van der Waals surface area contributed by atoms with E-state index >= 15 is 0 Å². The summed E-state index contributed by atoms with van der Waals surface area (Å²) in [6, 6.07) is 5.64. The van der Waals surface area contributed by atoms with Gasteiger partial charge in [0.2, 0.25) is 0 Å². The molecule has 0 aromatic heterocycles. The second kappa shape index (κ2) is 7.10. The van der Waals surface area contributed by atoms with Crippen molar-refractivity contribution in [3.05, 3.63) is 77.2 Å². The van der Waals surface area contributed by atoms with Crippen molar-refractivity contribution in [2.75, 3.05) is 5.06 Å². The Hall–Kier alpha value is -2.92. The summed E-state index contributed by atoms with van der Waals surface area (Å²) in [5, 5.41) is 11.2. The highest BCUT2D eigenvalue weighted by molar-refractivity contribution is 6.08. The molecule has 0 atom stereocenters. The zero-order valence-electron chi connectivity index (χ0n) is 13.9. The molecule has 5 heteroatoms. The largest absolute Gasteiger partial charge is 0.423 e. The fourth-order valence-corrected chi connectivity index (χ4v) is 2.24. The first-order chi connectivity index (χ1) is 11.3. The van der Waals surface area contributed by atoms with Crippen molar-refractivity contribution in [2.24, 2.45) is 0 Å². The Kier molecular flexibility index (Phi) is 5.16. The van der Waals surface area contributed by atoms with Gasteiger partial charge in [0.1, 0.15) is 5.76 Å². The molecule has 5 nitrogen and oxygen atoms in total. The number of hydroxylamine groups is 1. The predicted octanol–water partition coefficient (Wildman–Crippen LogP) is 3.53. The summed E-state index contributed by atoms with van der Waals surface area (Å²) in [5.41, 5.74) is 2.90. The zero-order valence-corrected chi connectivity index (χ0v) is 13.9. The molecule has 2 rings (SSSR count). The second-order valence-electron chi connectivity index (χ2n) is 5.58. The number of para-hydroxylation sites is 1. The lowest BCUT2D eigenvalue weighted by atomic mass is 10.1. The SMILES string of the molecule is C=C(C)C(=O)OC1=CC(=O)/C(=C\N(O)c2c(C)cccc2C)C=C1. The van der Waals surface area contributed by atoms with Crippen LogP contribution in [0.2, 0.25) is 0 Å². The summed E-state index contributed by atoms with van der Waals surface area (Å²) < 4.78 is 5.01. The summed E-state index contributed by atoms with van der Waals surface area (Å²) in [7, 11) is 0. The van der Waals surface area contributed by atoms with Gasteiger partial charge >= 0.3 is 5.97 Å². The van der Waals surface area contributed by atoms with E-state index in [-0.39, 0.29) is 22.7 Å². The summed E-state index contributed by atoms with van der Waals surface area (Å²) >= 11 is 0. The van der Waals surface area contributed by atoms with E-state index in [0.29, 0.717) is 5.69 Å². The Morgan fingerprint density at radius 2 is 1.88 bits per heavy atom. The Morgan fingerprint density at radius 1 is 1.25 bits per heavy atom. The molecule has 1 aromatic rings. The predicted molar refractivity (Wildman–Crippen MR) is 91.4 cm³/mol. The van der Waals surface area contributed by atoms with E-state index in [0.717, 1.165) is 16.2 Å². The minimum atomic E-state index is -0.592. The van der Waals surface area contributed by atoms with Crippen LogP contribution in [0.25, 0.3) is 0 Å². The van der Waals surface area contributed by atoms with Crippen LogP contribution in [0.1, 0.15) is 18.1 Å². The number of benzene rings is 1. The fraction of sp³-hybridized carbons (Fsp3) is 0.158. The van der Waals surface area contributed by atoms with E-state index in [1.54, 1.807) is 0 Å². The Bertz CT molecular complexity index is 779. The molecule has 24 heavy (non-hydrogen) atoms. The summed E-state index contributed by atoms with van der Waals surface area (Å²) in [4.78, 5) is 23.6. The number of nitrogens with zero attached hydrogens (tertiary/aromatic N) is 1. The van der Waals surface area contributed by atoms with Crippen LogP contribution in [0.4, 0.5) is 5.69 Å². The number of allylic oxidation sites excluding steroid dienone is 4. The molecule has 0 saturated carbocycles. The van der Waals surface area contributed by atoms with Crippen LogP contribution in [-0.4, -0.2) is 17.0 Å². The lowest BCUT2D eigenvalue weighted by Crippen LogP contribution is -2.16. The molecule has 0 fully saturated rings. The molecule has 124 valence electrons. The van der Waals surface area contributed by atoms with E-state index < -0.39 is 5.97 Å². The van der Waals surface area contributed by atoms with Crippen molar-refractivity contribution in [3.63, 3.8) is 0 Å². The van der Waals surface area contributed by atoms with Crippen LogP contribution in [-0.2, 0) is 14.3 Å². The molecule has 0 amide bonds. The highest BCUT2D eigenvalue weighted by Crippen LogP contribution is 2.25. The van der Waals surface area contributed by atoms with Crippen molar-refractivity contribution >= 4 is 17.4 Å². The lowest BCUT2D eigenvalue weighted by molar-refractivity contribution is -0.134. The maximum absolute atomic E-state index is 12.1. The molecule has 0 unspecified atom stereocenters. The monoisotopic (exact) mass is 325 g/mol. The molecular weight excluding hydrogens is 306 g/mol. The Labute approximate surface area is 140 Å². The summed E-state index contributed by atoms with van der Waals surface area (Å²) in [6.07, 6.45) is 5.51. The average Bonchev–Trinajstić information content (AvgIpc) is 2.49. The molecule has 0 spiro atoms. The number of aryl methyl sites for hydroxylation is 2. The van der Waals surface area contributed by atoms with Gasteiger partial charge in [0, 0.05) is 23.4 Å². The Balaban J connectivity index is 2.20. The maximum Gasteiger partial charge on any atom is 0.338 e. The van der Waals surface area contributed by atoms with Crippen LogP contribution < -0.4 is 5.06 Å². The van der Waals surface area contributed by atoms with Gasteiger partial charge in [-0.15, -0.1) is 0 Å². The van der Waals surface area contributed by atoms with Gasteiger partial charge in [-0.25, -0.2) is 9.86 Å². The van der Waals surface area contributed by atoms with Gasteiger partial charge in [-0.3, -0.25) is 10.0 Å². The number of hydrogen-bond donors (Lipinski definition) is 1. The molecule has 1 aliphatic rings. The van der Waals surface area contributed by atoms with Crippen LogP contribution in [0.15, 0.2) is 66.1 Å². The summed E-state index contributed by atoms with van der Waals surface area (Å²) in [6.45, 7) is 8.75. The van der Waals surface area contributed by atoms with Crippen LogP contribution in [0.3, 0.4) is 0 Å². The molecule has 0 saturated heterocycles. The van der Waals surface area contributed by atoms with Crippen LogP contribution >= 0.6 is 0 Å². The number of ketones is 1. The van der Waals surface area contributed by atoms with E-state index in [9.17, 15) is 14.8 Å². The Morgan fingerprint density at radius 3 is 2.42 bits per heavy atom. The van der Waals surface area contributed by atoms with Gasteiger partial charge in [-0.05, 0) is 44.1 Å². The number of rotatable bonds is 4. The minimum absolute atomic E-state index is 0.140. The number of hydrogen-bond acceptors (Lipinski definition) is 5. The zero-order chi connectivity index (χ0) is 17.9.